The molecule has 3 N–H and O–H groups in total. The maximum atomic E-state index is 13.1. The second-order valence-electron chi connectivity index (χ2n) is 8.13. The van der Waals surface area contributed by atoms with Crippen LogP contribution in [0.25, 0.3) is 5.76 Å². The molecule has 0 bridgehead atoms. The van der Waals surface area contributed by atoms with Crippen LogP contribution in [0.2, 0.25) is 0 Å². The molecule has 3 heterocycles. The molecule has 8 heteroatoms. The summed E-state index contributed by atoms with van der Waals surface area (Å²) in [6.45, 7) is 6.13. The van der Waals surface area contributed by atoms with Gasteiger partial charge in [-0.05, 0) is 36.8 Å². The molecule has 1 unspecified atom stereocenters. The zero-order valence-electron chi connectivity index (χ0n) is 18.4. The van der Waals surface area contributed by atoms with Crippen molar-refractivity contribution in [2.24, 2.45) is 0 Å². The molecule has 0 aliphatic carbocycles. The fourth-order valence-electron chi connectivity index (χ4n) is 4.40. The first-order valence-electron chi connectivity index (χ1n) is 10.8. The molecule has 0 radical (unpaired) electrons. The van der Waals surface area contributed by atoms with E-state index in [2.05, 4.69) is 4.98 Å². The molecular weight excluding hydrogens is 410 g/mol. The number of ketones is 1. The highest BCUT2D eigenvalue weighted by Crippen LogP contribution is 2.39. The van der Waals surface area contributed by atoms with Crippen molar-refractivity contribution in [3.8, 4) is 5.75 Å². The fraction of sp³-hybridized carbons (Fsp3) is 0.375. The molecule has 1 aromatic heterocycles. The molecular formula is C24H29N3O5+2. The zero-order valence-corrected chi connectivity index (χ0v) is 18.4. The standard InChI is InChI=1S/C24H27N3O5/c1-16-14-17(5-6-19(16)31-2)22(28)20-21(18-4-3-7-25-15-18)27(24(30)23(20)29)9-8-26-10-12-32-13-11-26/h3-7,14-15,21,28H,8-13H2,1-2H3/p+2. The van der Waals surface area contributed by atoms with Crippen LogP contribution in [0, 0.1) is 6.92 Å². The average molecular weight is 440 g/mol. The van der Waals surface area contributed by atoms with Crippen LogP contribution in [0.5, 0.6) is 5.75 Å². The lowest BCUT2D eigenvalue weighted by atomic mass is 9.95. The number of H-pyrrole nitrogens is 1. The molecule has 4 rings (SSSR count). The number of Topliss-reactive ketones (excluding diaryl/α,β-unsaturated/α-hetero) is 1. The van der Waals surface area contributed by atoms with Gasteiger partial charge >= 0.3 is 0 Å². The van der Waals surface area contributed by atoms with Gasteiger partial charge < -0.3 is 24.4 Å². The fourth-order valence-corrected chi connectivity index (χ4v) is 4.40. The van der Waals surface area contributed by atoms with Crippen LogP contribution in [0.15, 0.2) is 48.3 Å². The van der Waals surface area contributed by atoms with Crippen LogP contribution in [0.4, 0.5) is 0 Å². The number of quaternary nitrogens is 1. The largest absolute Gasteiger partial charge is 0.507 e. The van der Waals surface area contributed by atoms with Crippen molar-refractivity contribution in [1.29, 1.82) is 0 Å². The van der Waals surface area contributed by atoms with Crippen LogP contribution in [0.1, 0.15) is 22.7 Å². The SMILES string of the molecule is COc1ccc(C(O)=C2C(=O)C(=O)N(CC[NH+]3CCOCC3)C2c2ccc[nH+]c2)cc1C. The van der Waals surface area contributed by atoms with Crippen LogP contribution in [-0.4, -0.2) is 68.2 Å². The number of likely N-dealkylation sites (tertiary alicyclic amines) is 1. The number of hydrogen-bond donors (Lipinski definition) is 2. The number of aliphatic hydroxyl groups excluding tert-OH is 1. The van der Waals surface area contributed by atoms with Gasteiger partial charge in [-0.25, -0.2) is 4.98 Å². The van der Waals surface area contributed by atoms with Gasteiger partial charge in [0.1, 0.15) is 24.6 Å². The molecule has 2 aliphatic heterocycles. The molecule has 8 nitrogen and oxygen atoms in total. The van der Waals surface area contributed by atoms with E-state index in [-0.39, 0.29) is 11.3 Å². The highest BCUT2D eigenvalue weighted by molar-refractivity contribution is 6.46. The predicted octanol–water partition coefficient (Wildman–Crippen LogP) is 0.155. The number of pyridine rings is 1. The molecule has 2 aromatic rings. The van der Waals surface area contributed by atoms with Crippen molar-refractivity contribution in [2.75, 3.05) is 46.5 Å². The van der Waals surface area contributed by atoms with E-state index >= 15 is 0 Å². The summed E-state index contributed by atoms with van der Waals surface area (Å²) in [6, 6.07) is 8.21. The van der Waals surface area contributed by atoms with Crippen molar-refractivity contribution in [1.82, 2.24) is 4.90 Å². The van der Waals surface area contributed by atoms with Gasteiger partial charge in [0.05, 0.1) is 45.0 Å². The summed E-state index contributed by atoms with van der Waals surface area (Å²) in [5, 5.41) is 11.2. The maximum Gasteiger partial charge on any atom is 0.295 e. The minimum atomic E-state index is -0.665. The topological polar surface area (TPSA) is 94.7 Å². The summed E-state index contributed by atoms with van der Waals surface area (Å²) in [6.07, 6.45) is 3.53. The lowest BCUT2D eigenvalue weighted by molar-refractivity contribution is -0.907. The van der Waals surface area contributed by atoms with E-state index in [1.165, 1.54) is 4.90 Å². The Morgan fingerprint density at radius 3 is 2.72 bits per heavy atom. The molecule has 2 fully saturated rings. The van der Waals surface area contributed by atoms with Gasteiger partial charge in [-0.2, -0.15) is 0 Å². The quantitative estimate of drug-likeness (QED) is 0.380. The molecule has 1 aromatic carbocycles. The van der Waals surface area contributed by atoms with Crippen molar-refractivity contribution in [2.45, 2.75) is 13.0 Å². The molecule has 168 valence electrons. The Morgan fingerprint density at radius 1 is 1.28 bits per heavy atom. The molecule has 0 spiro atoms. The summed E-state index contributed by atoms with van der Waals surface area (Å²) in [5.74, 6) is -0.742. The van der Waals surface area contributed by atoms with E-state index in [9.17, 15) is 14.7 Å². The third-order valence-corrected chi connectivity index (χ3v) is 6.16. The van der Waals surface area contributed by atoms with Crippen LogP contribution in [-0.2, 0) is 14.3 Å². The average Bonchev–Trinajstić information content (AvgIpc) is 3.08. The van der Waals surface area contributed by atoms with Crippen LogP contribution < -0.4 is 14.6 Å². The van der Waals surface area contributed by atoms with Gasteiger partial charge in [-0.1, -0.05) is 0 Å². The summed E-state index contributed by atoms with van der Waals surface area (Å²) in [7, 11) is 1.58. The van der Waals surface area contributed by atoms with E-state index in [1.807, 2.05) is 19.1 Å². The van der Waals surface area contributed by atoms with Crippen molar-refractivity contribution in [3.05, 3.63) is 65.0 Å². The van der Waals surface area contributed by atoms with E-state index in [0.29, 0.717) is 37.6 Å². The first-order chi connectivity index (χ1) is 15.5. The molecule has 32 heavy (non-hydrogen) atoms. The second-order valence-corrected chi connectivity index (χ2v) is 8.13. The van der Waals surface area contributed by atoms with Gasteiger partial charge in [0.25, 0.3) is 11.7 Å². The predicted molar refractivity (Wildman–Crippen MR) is 116 cm³/mol. The summed E-state index contributed by atoms with van der Waals surface area (Å²) < 4.78 is 10.7. The van der Waals surface area contributed by atoms with Crippen LogP contribution in [0.3, 0.4) is 0 Å². The number of methoxy groups -OCH3 is 1. The normalized spacial score (nSPS) is 21.2. The number of carbonyl (C=O) groups is 2. The lowest BCUT2D eigenvalue weighted by Crippen LogP contribution is -3.14. The van der Waals surface area contributed by atoms with E-state index in [1.54, 1.807) is 42.6 Å². The summed E-state index contributed by atoms with van der Waals surface area (Å²) >= 11 is 0. The maximum absolute atomic E-state index is 13.1. The number of carbonyl (C=O) groups excluding carboxylic acids is 2. The molecule has 1 amide bonds. The minimum Gasteiger partial charge on any atom is -0.507 e. The number of nitrogens with one attached hydrogen (secondary N) is 2. The molecule has 1 atom stereocenters. The second kappa shape index (κ2) is 9.50. The number of hydrogen-bond acceptors (Lipinski definition) is 5. The highest BCUT2D eigenvalue weighted by Gasteiger charge is 2.47. The van der Waals surface area contributed by atoms with E-state index in [0.717, 1.165) is 24.2 Å². The number of nitrogens with zero attached hydrogens (tertiary/aromatic N) is 1. The van der Waals surface area contributed by atoms with Gasteiger partial charge in [0.15, 0.2) is 12.4 Å². The third-order valence-electron chi connectivity index (χ3n) is 6.16. The number of morpholine rings is 1. The van der Waals surface area contributed by atoms with E-state index < -0.39 is 17.7 Å². The minimum absolute atomic E-state index is 0.108. The van der Waals surface area contributed by atoms with Gasteiger partial charge in [-0.3, -0.25) is 9.59 Å². The first kappa shape index (κ1) is 22.0. The van der Waals surface area contributed by atoms with Crippen molar-refractivity contribution in [3.63, 3.8) is 0 Å². The van der Waals surface area contributed by atoms with Gasteiger partial charge in [0.2, 0.25) is 0 Å². The Bertz CT molecular complexity index is 1030. The highest BCUT2D eigenvalue weighted by atomic mass is 16.5. The monoisotopic (exact) mass is 439 g/mol. The number of ether oxygens (including phenoxy) is 2. The lowest BCUT2D eigenvalue weighted by Gasteiger charge is -2.28. The zero-order chi connectivity index (χ0) is 22.7. The third kappa shape index (κ3) is 4.24. The van der Waals surface area contributed by atoms with Crippen molar-refractivity contribution < 1.29 is 34.1 Å². The molecule has 2 saturated heterocycles. The van der Waals surface area contributed by atoms with E-state index in [4.69, 9.17) is 9.47 Å². The van der Waals surface area contributed by atoms with Gasteiger partial charge in [-0.15, -0.1) is 0 Å². The number of aryl methyl sites for hydroxylation is 1. The number of aromatic amines is 1. The summed E-state index contributed by atoms with van der Waals surface area (Å²) in [4.78, 5) is 32.1. The van der Waals surface area contributed by atoms with Crippen LogP contribution >= 0.6 is 0 Å². The molecule has 0 saturated carbocycles. The molecule has 2 aliphatic rings. The number of rotatable bonds is 6. The number of benzene rings is 1. The Hall–Kier alpha value is -3.23. The first-order valence-corrected chi connectivity index (χ1v) is 10.8. The Balaban J connectivity index is 1.72. The number of amides is 1. The Morgan fingerprint density at radius 2 is 2.06 bits per heavy atom. The van der Waals surface area contributed by atoms with Gasteiger partial charge in [0, 0.05) is 17.2 Å². The van der Waals surface area contributed by atoms with Crippen molar-refractivity contribution >= 4 is 17.4 Å². The number of aromatic nitrogens is 1. The Kier molecular flexibility index (Phi) is 6.53. The summed E-state index contributed by atoms with van der Waals surface area (Å²) in [5.41, 5.74) is 2.16. The smallest absolute Gasteiger partial charge is 0.295 e. The number of aliphatic hydroxyl groups is 1. The Labute approximate surface area is 187 Å².